The molecule has 0 atom stereocenters. The van der Waals surface area contributed by atoms with Gasteiger partial charge in [-0.25, -0.2) is 0 Å². The fourth-order valence-electron chi connectivity index (χ4n) is 2.38. The maximum Gasteiger partial charge on any atom is 0.181 e. The van der Waals surface area contributed by atoms with Crippen molar-refractivity contribution in [3.8, 4) is 28.7 Å². The minimum atomic E-state index is -0.472. The van der Waals surface area contributed by atoms with Gasteiger partial charge in [-0.1, -0.05) is 0 Å². The first kappa shape index (κ1) is 13.7. The second-order valence-electron chi connectivity index (χ2n) is 4.82. The van der Waals surface area contributed by atoms with E-state index in [-0.39, 0.29) is 49.0 Å². The Morgan fingerprint density at radius 1 is 0.667 bits per heavy atom. The van der Waals surface area contributed by atoms with Crippen LogP contribution in [-0.4, -0.2) is 25.5 Å². The first-order valence-electron chi connectivity index (χ1n) is 5.97. The Balaban J connectivity index is 2.73. The summed E-state index contributed by atoms with van der Waals surface area (Å²) in [6, 6.07) is 0. The van der Waals surface area contributed by atoms with Gasteiger partial charge in [0.15, 0.2) is 34.3 Å². The second kappa shape index (κ2) is 4.11. The first-order valence-corrected chi connectivity index (χ1v) is 6.76. The van der Waals surface area contributed by atoms with Gasteiger partial charge < -0.3 is 29.9 Å². The Bertz CT molecular complexity index is 851. The van der Waals surface area contributed by atoms with Crippen molar-refractivity contribution in [3.63, 3.8) is 0 Å². The van der Waals surface area contributed by atoms with Crippen LogP contribution >= 0.6 is 15.9 Å². The first-order chi connectivity index (χ1) is 9.77. The zero-order valence-electron chi connectivity index (χ0n) is 11.0. The summed E-state index contributed by atoms with van der Waals surface area (Å²) in [5.41, 5.74) is 0.466. The number of phenolic OH excluding ortho intramolecular Hbond substituents is 5. The molecule has 2 aromatic carbocycles. The molecule has 7 heteroatoms. The Hall–Kier alpha value is -2.28. The van der Waals surface area contributed by atoms with Crippen molar-refractivity contribution >= 4 is 37.9 Å². The van der Waals surface area contributed by atoms with Crippen LogP contribution in [0.1, 0.15) is 11.1 Å². The molecule has 0 saturated carbocycles. The molecule has 0 aliphatic carbocycles. The van der Waals surface area contributed by atoms with Crippen LogP contribution in [0, 0.1) is 13.8 Å². The third-order valence-corrected chi connectivity index (χ3v) is 4.41. The molecule has 0 bridgehead atoms. The topological polar surface area (TPSA) is 114 Å². The van der Waals surface area contributed by atoms with Crippen LogP contribution in [0.15, 0.2) is 8.89 Å². The van der Waals surface area contributed by atoms with Gasteiger partial charge in [0.2, 0.25) is 0 Å². The number of rotatable bonds is 0. The van der Waals surface area contributed by atoms with E-state index in [1.54, 1.807) is 0 Å². The van der Waals surface area contributed by atoms with Gasteiger partial charge in [-0.2, -0.15) is 0 Å². The minimum Gasteiger partial charge on any atom is -0.504 e. The summed E-state index contributed by atoms with van der Waals surface area (Å²) in [4.78, 5) is 0. The maximum absolute atomic E-state index is 10.1. The monoisotopic (exact) mass is 354 g/mol. The molecule has 0 unspecified atom stereocenters. The van der Waals surface area contributed by atoms with Gasteiger partial charge in [0, 0.05) is 11.1 Å². The lowest BCUT2D eigenvalue weighted by atomic mass is 10.0. The van der Waals surface area contributed by atoms with E-state index < -0.39 is 17.2 Å². The Morgan fingerprint density at radius 3 is 1.86 bits per heavy atom. The molecule has 0 radical (unpaired) electrons. The van der Waals surface area contributed by atoms with Gasteiger partial charge in [-0.15, -0.1) is 0 Å². The van der Waals surface area contributed by atoms with E-state index in [4.69, 9.17) is 4.42 Å². The SMILES string of the molecule is Cc1c(O)c(O)c2c(oc3c(C)c(O)c(O)c(Br)c32)c1O. The highest BCUT2D eigenvalue weighted by Crippen LogP contribution is 2.53. The largest absolute Gasteiger partial charge is 0.504 e. The molecule has 0 fully saturated rings. The molecular weight excluding hydrogens is 344 g/mol. The van der Waals surface area contributed by atoms with E-state index >= 15 is 0 Å². The van der Waals surface area contributed by atoms with Crippen molar-refractivity contribution in [2.45, 2.75) is 13.8 Å². The predicted molar refractivity (Wildman–Crippen MR) is 79.2 cm³/mol. The van der Waals surface area contributed by atoms with Crippen molar-refractivity contribution in [2.75, 3.05) is 0 Å². The summed E-state index contributed by atoms with van der Waals surface area (Å²) in [7, 11) is 0. The van der Waals surface area contributed by atoms with Crippen LogP contribution in [0.4, 0.5) is 0 Å². The van der Waals surface area contributed by atoms with Gasteiger partial charge in [0.05, 0.1) is 15.2 Å². The maximum atomic E-state index is 10.1. The summed E-state index contributed by atoms with van der Waals surface area (Å²) >= 11 is 3.12. The van der Waals surface area contributed by atoms with Crippen molar-refractivity contribution < 1.29 is 29.9 Å². The van der Waals surface area contributed by atoms with E-state index in [0.717, 1.165) is 0 Å². The summed E-state index contributed by atoms with van der Waals surface area (Å²) < 4.78 is 5.62. The number of aryl methyl sites for hydroxylation is 1. The number of benzene rings is 2. The van der Waals surface area contributed by atoms with Crippen LogP contribution in [-0.2, 0) is 0 Å². The van der Waals surface area contributed by atoms with Crippen molar-refractivity contribution in [1.29, 1.82) is 0 Å². The molecule has 3 rings (SSSR count). The molecule has 0 spiro atoms. The van der Waals surface area contributed by atoms with Crippen LogP contribution in [0.3, 0.4) is 0 Å². The average molecular weight is 355 g/mol. The number of phenols is 5. The number of aromatic hydroxyl groups is 5. The Morgan fingerprint density at radius 2 is 1.24 bits per heavy atom. The smallest absolute Gasteiger partial charge is 0.181 e. The van der Waals surface area contributed by atoms with Gasteiger partial charge in [0.25, 0.3) is 0 Å². The van der Waals surface area contributed by atoms with Crippen molar-refractivity contribution in [2.24, 2.45) is 0 Å². The van der Waals surface area contributed by atoms with Crippen LogP contribution in [0.5, 0.6) is 28.7 Å². The summed E-state index contributed by atoms with van der Waals surface area (Å²) in [5.74, 6) is -2.04. The highest BCUT2D eigenvalue weighted by molar-refractivity contribution is 9.10. The molecule has 1 aromatic heterocycles. The van der Waals surface area contributed by atoms with E-state index in [2.05, 4.69) is 15.9 Å². The Kier molecular flexibility index (Phi) is 2.68. The molecule has 0 amide bonds. The lowest BCUT2D eigenvalue weighted by molar-refractivity contribution is 0.396. The number of furan rings is 1. The molecule has 21 heavy (non-hydrogen) atoms. The summed E-state index contributed by atoms with van der Waals surface area (Å²) in [6.45, 7) is 2.95. The number of hydrogen-bond acceptors (Lipinski definition) is 6. The average Bonchev–Trinajstić information content (AvgIpc) is 2.87. The molecule has 0 aliphatic rings. The van der Waals surface area contributed by atoms with E-state index in [1.807, 2.05) is 0 Å². The van der Waals surface area contributed by atoms with Crippen LogP contribution in [0.25, 0.3) is 21.9 Å². The molecule has 3 aromatic rings. The molecule has 1 heterocycles. The minimum absolute atomic E-state index is 0.0356. The number of hydrogen-bond donors (Lipinski definition) is 5. The number of fused-ring (bicyclic) bond motifs is 3. The normalized spacial score (nSPS) is 11.6. The lowest BCUT2D eigenvalue weighted by Gasteiger charge is -2.07. The van der Waals surface area contributed by atoms with Gasteiger partial charge in [0.1, 0.15) is 5.58 Å². The quantitative estimate of drug-likeness (QED) is 0.312. The van der Waals surface area contributed by atoms with E-state index in [0.29, 0.717) is 0 Å². The zero-order chi connectivity index (χ0) is 15.6. The van der Waals surface area contributed by atoms with Gasteiger partial charge >= 0.3 is 0 Å². The lowest BCUT2D eigenvalue weighted by Crippen LogP contribution is -1.82. The fraction of sp³-hybridized carbons (Fsp3) is 0.143. The molecule has 0 saturated heterocycles. The Labute approximate surface area is 126 Å². The van der Waals surface area contributed by atoms with Crippen molar-refractivity contribution in [1.82, 2.24) is 0 Å². The third kappa shape index (κ3) is 1.52. The predicted octanol–water partition coefficient (Wildman–Crippen LogP) is 3.49. The second-order valence-corrected chi connectivity index (χ2v) is 5.61. The van der Waals surface area contributed by atoms with Gasteiger partial charge in [-0.3, -0.25) is 0 Å². The standard InChI is InChI=1S/C14H11BrO6/c1-3-8(16)11(19)6-5-7(15)12(20)9(17)4(2)13(5)21-14(6)10(3)18/h16-20H,1-2H3. The highest BCUT2D eigenvalue weighted by Gasteiger charge is 2.27. The molecule has 6 nitrogen and oxygen atoms in total. The number of halogens is 1. The van der Waals surface area contributed by atoms with Crippen LogP contribution < -0.4 is 0 Å². The fourth-order valence-corrected chi connectivity index (χ4v) is 2.95. The third-order valence-electron chi connectivity index (χ3n) is 3.64. The van der Waals surface area contributed by atoms with Gasteiger partial charge in [-0.05, 0) is 29.8 Å². The zero-order valence-corrected chi connectivity index (χ0v) is 12.6. The summed E-state index contributed by atoms with van der Waals surface area (Å²) in [5, 5.41) is 50.1. The van der Waals surface area contributed by atoms with Crippen LogP contribution in [0.2, 0.25) is 0 Å². The summed E-state index contributed by atoms with van der Waals surface area (Å²) in [6.07, 6.45) is 0. The van der Waals surface area contributed by atoms with E-state index in [9.17, 15) is 25.5 Å². The highest BCUT2D eigenvalue weighted by atomic mass is 79.9. The molecule has 110 valence electrons. The molecule has 5 N–H and O–H groups in total. The van der Waals surface area contributed by atoms with E-state index in [1.165, 1.54) is 13.8 Å². The molecule has 0 aliphatic heterocycles. The van der Waals surface area contributed by atoms with Crippen molar-refractivity contribution in [3.05, 3.63) is 15.6 Å². The molecular formula is C14H11BrO6.